The second-order valence-electron chi connectivity index (χ2n) is 8.29. The second-order valence-corrected chi connectivity index (χ2v) is 8.29. The third kappa shape index (κ3) is 7.15. The molecule has 0 bridgehead atoms. The van der Waals surface area contributed by atoms with Gasteiger partial charge in [-0.2, -0.15) is 0 Å². The summed E-state index contributed by atoms with van der Waals surface area (Å²) >= 11 is 0. The van der Waals surface area contributed by atoms with Crippen molar-refractivity contribution in [3.8, 4) is 0 Å². The number of benzene rings is 1. The van der Waals surface area contributed by atoms with Crippen LogP contribution >= 0.6 is 0 Å². The van der Waals surface area contributed by atoms with E-state index in [0.717, 1.165) is 45.1 Å². The van der Waals surface area contributed by atoms with Gasteiger partial charge < -0.3 is 20.4 Å². The van der Waals surface area contributed by atoms with Crippen LogP contribution < -0.4 is 10.6 Å². The largest absolute Gasteiger partial charge is 0.356 e. The first-order valence-electron chi connectivity index (χ1n) is 10.4. The smallest absolute Gasteiger partial charge is 0.191 e. The maximum absolute atomic E-state index is 4.39. The monoisotopic (exact) mass is 373 g/mol. The standard InChI is InChI=1S/C22H39N5/c1-6-19-8-10-20(11-9-19)22(2,3)18-25-21(23-4)24-12-15-27-14-7-13-26(5)16-17-27/h8-11H,6-7,12-18H2,1-5H3,(H2,23,24,25). The molecule has 0 aliphatic carbocycles. The molecule has 1 aliphatic rings. The summed E-state index contributed by atoms with van der Waals surface area (Å²) in [5.41, 5.74) is 2.80. The van der Waals surface area contributed by atoms with Crippen molar-refractivity contribution in [3.05, 3.63) is 35.4 Å². The third-order valence-corrected chi connectivity index (χ3v) is 5.60. The van der Waals surface area contributed by atoms with E-state index in [1.807, 2.05) is 7.05 Å². The van der Waals surface area contributed by atoms with Crippen molar-refractivity contribution < 1.29 is 0 Å². The molecule has 2 rings (SSSR count). The zero-order chi connectivity index (χ0) is 19.7. The minimum atomic E-state index is 0.0548. The van der Waals surface area contributed by atoms with Crippen molar-refractivity contribution in [1.82, 2.24) is 20.4 Å². The van der Waals surface area contributed by atoms with Crippen LogP contribution in [0.4, 0.5) is 0 Å². The summed E-state index contributed by atoms with van der Waals surface area (Å²) in [6.45, 7) is 14.3. The Labute approximate surface area is 166 Å². The summed E-state index contributed by atoms with van der Waals surface area (Å²) < 4.78 is 0. The molecular formula is C22H39N5. The highest BCUT2D eigenvalue weighted by Gasteiger charge is 2.21. The number of nitrogens with one attached hydrogen (secondary N) is 2. The fraction of sp³-hybridized carbons (Fsp3) is 0.682. The van der Waals surface area contributed by atoms with Crippen molar-refractivity contribution in [2.75, 3.05) is 59.9 Å². The van der Waals surface area contributed by atoms with Gasteiger partial charge in [-0.1, -0.05) is 45.0 Å². The van der Waals surface area contributed by atoms with Crippen molar-refractivity contribution >= 4 is 5.96 Å². The molecule has 1 saturated heterocycles. The lowest BCUT2D eigenvalue weighted by Crippen LogP contribution is -2.45. The van der Waals surface area contributed by atoms with E-state index in [1.54, 1.807) is 0 Å². The summed E-state index contributed by atoms with van der Waals surface area (Å²) in [7, 11) is 4.06. The van der Waals surface area contributed by atoms with Gasteiger partial charge in [0, 0.05) is 45.2 Å². The molecule has 1 aromatic rings. The molecule has 27 heavy (non-hydrogen) atoms. The van der Waals surface area contributed by atoms with Gasteiger partial charge >= 0.3 is 0 Å². The lowest BCUT2D eigenvalue weighted by atomic mass is 9.84. The summed E-state index contributed by atoms with van der Waals surface area (Å²) in [5, 5.41) is 6.98. The number of hydrogen-bond donors (Lipinski definition) is 2. The first-order chi connectivity index (χ1) is 12.9. The zero-order valence-corrected chi connectivity index (χ0v) is 18.0. The second kappa shape index (κ2) is 10.7. The zero-order valence-electron chi connectivity index (χ0n) is 18.0. The van der Waals surface area contributed by atoms with Gasteiger partial charge in [-0.15, -0.1) is 0 Å². The fourth-order valence-corrected chi connectivity index (χ4v) is 3.47. The Balaban J connectivity index is 1.77. The molecule has 0 unspecified atom stereocenters. The van der Waals surface area contributed by atoms with Gasteiger partial charge in [0.1, 0.15) is 0 Å². The SMILES string of the molecule is CCc1ccc(C(C)(C)CNC(=NC)NCCN2CCCN(C)CC2)cc1. The Morgan fingerprint density at radius 2 is 1.81 bits per heavy atom. The van der Waals surface area contributed by atoms with Crippen LogP contribution in [-0.4, -0.2) is 75.7 Å². The number of rotatable bonds is 7. The predicted octanol–water partition coefficient (Wildman–Crippen LogP) is 2.33. The molecule has 1 heterocycles. The maximum Gasteiger partial charge on any atom is 0.191 e. The lowest BCUT2D eigenvalue weighted by Gasteiger charge is -2.27. The molecule has 1 aliphatic heterocycles. The summed E-state index contributed by atoms with van der Waals surface area (Å²) in [6.07, 6.45) is 2.34. The van der Waals surface area contributed by atoms with Crippen LogP contribution in [-0.2, 0) is 11.8 Å². The van der Waals surface area contributed by atoms with Gasteiger partial charge in [-0.05, 0) is 44.1 Å². The van der Waals surface area contributed by atoms with E-state index in [4.69, 9.17) is 0 Å². The molecule has 5 heteroatoms. The summed E-state index contributed by atoms with van der Waals surface area (Å²) in [6, 6.07) is 8.99. The number of likely N-dealkylation sites (N-methyl/N-ethyl adjacent to an activating group) is 1. The highest BCUT2D eigenvalue weighted by atomic mass is 15.2. The molecule has 1 fully saturated rings. The van der Waals surface area contributed by atoms with Crippen LogP contribution in [0.15, 0.2) is 29.3 Å². The van der Waals surface area contributed by atoms with E-state index >= 15 is 0 Å². The molecule has 0 aromatic heterocycles. The van der Waals surface area contributed by atoms with Crippen LogP contribution in [0.2, 0.25) is 0 Å². The van der Waals surface area contributed by atoms with Gasteiger partial charge in [0.05, 0.1) is 0 Å². The van der Waals surface area contributed by atoms with Gasteiger partial charge in [-0.3, -0.25) is 4.99 Å². The Hall–Kier alpha value is -1.59. The van der Waals surface area contributed by atoms with Crippen LogP contribution in [0.5, 0.6) is 0 Å². The highest BCUT2D eigenvalue weighted by Crippen LogP contribution is 2.22. The van der Waals surface area contributed by atoms with Crippen LogP contribution in [0.3, 0.4) is 0 Å². The number of guanidine groups is 1. The Kier molecular flexibility index (Phi) is 8.58. The van der Waals surface area contributed by atoms with E-state index < -0.39 is 0 Å². The number of aliphatic imine (C=N–C) groups is 1. The Morgan fingerprint density at radius 1 is 1.07 bits per heavy atom. The van der Waals surface area contributed by atoms with Crippen molar-refractivity contribution in [3.63, 3.8) is 0 Å². The maximum atomic E-state index is 4.39. The average Bonchev–Trinajstić information content (AvgIpc) is 2.88. The lowest BCUT2D eigenvalue weighted by molar-refractivity contribution is 0.280. The van der Waals surface area contributed by atoms with Gasteiger partial charge in [0.15, 0.2) is 5.96 Å². The summed E-state index contributed by atoms with van der Waals surface area (Å²) in [5.74, 6) is 0.889. The average molecular weight is 374 g/mol. The summed E-state index contributed by atoms with van der Waals surface area (Å²) in [4.78, 5) is 9.36. The molecule has 0 atom stereocenters. The molecule has 0 amide bonds. The minimum absolute atomic E-state index is 0.0548. The molecule has 0 spiro atoms. The molecule has 1 aromatic carbocycles. The normalized spacial score (nSPS) is 17.6. The molecule has 152 valence electrons. The van der Waals surface area contributed by atoms with E-state index in [2.05, 4.69) is 77.5 Å². The third-order valence-electron chi connectivity index (χ3n) is 5.60. The Bertz CT molecular complexity index is 579. The van der Waals surface area contributed by atoms with Crippen LogP contribution in [0.25, 0.3) is 0 Å². The van der Waals surface area contributed by atoms with Crippen molar-refractivity contribution in [1.29, 1.82) is 0 Å². The number of nitrogens with zero attached hydrogens (tertiary/aromatic N) is 3. The first kappa shape index (κ1) is 21.7. The topological polar surface area (TPSA) is 42.9 Å². The number of aryl methyl sites for hydroxylation is 1. The van der Waals surface area contributed by atoms with Crippen LogP contribution in [0, 0.1) is 0 Å². The minimum Gasteiger partial charge on any atom is -0.356 e. The molecule has 5 nitrogen and oxygen atoms in total. The van der Waals surface area contributed by atoms with Gasteiger partial charge in [-0.25, -0.2) is 0 Å². The van der Waals surface area contributed by atoms with Gasteiger partial charge in [0.25, 0.3) is 0 Å². The molecule has 0 saturated carbocycles. The molecule has 0 radical (unpaired) electrons. The van der Waals surface area contributed by atoms with Crippen molar-refractivity contribution in [2.24, 2.45) is 4.99 Å². The molecular weight excluding hydrogens is 334 g/mol. The predicted molar refractivity (Wildman–Crippen MR) is 117 cm³/mol. The van der Waals surface area contributed by atoms with E-state index in [9.17, 15) is 0 Å². The quantitative estimate of drug-likeness (QED) is 0.569. The van der Waals surface area contributed by atoms with Gasteiger partial charge in [0.2, 0.25) is 0 Å². The van der Waals surface area contributed by atoms with E-state index in [0.29, 0.717) is 0 Å². The highest BCUT2D eigenvalue weighted by molar-refractivity contribution is 5.79. The fourth-order valence-electron chi connectivity index (χ4n) is 3.47. The van der Waals surface area contributed by atoms with E-state index in [-0.39, 0.29) is 5.41 Å². The number of hydrogen-bond acceptors (Lipinski definition) is 3. The first-order valence-corrected chi connectivity index (χ1v) is 10.4. The van der Waals surface area contributed by atoms with Crippen molar-refractivity contribution in [2.45, 2.75) is 39.0 Å². The van der Waals surface area contributed by atoms with E-state index in [1.165, 1.54) is 30.6 Å². The molecule has 2 N–H and O–H groups in total. The Morgan fingerprint density at radius 3 is 2.48 bits per heavy atom. The van der Waals surface area contributed by atoms with Crippen LogP contribution in [0.1, 0.15) is 38.3 Å².